The van der Waals surface area contributed by atoms with Crippen LogP contribution in [0, 0.1) is 0 Å². The standard InChI is InChI=1S/C11H7Br2NOS/c12-7-3-4-9(8(13)6-7)14-11(15)10-2-1-5-16-10/h1-6H,(H,14,15). The second kappa shape index (κ2) is 5.12. The monoisotopic (exact) mass is 359 g/mol. The zero-order valence-corrected chi connectivity index (χ0v) is 12.0. The van der Waals surface area contributed by atoms with Gasteiger partial charge in [0.15, 0.2) is 0 Å². The third-order valence-electron chi connectivity index (χ3n) is 1.92. The minimum atomic E-state index is -0.0852. The van der Waals surface area contributed by atoms with E-state index in [-0.39, 0.29) is 5.91 Å². The molecule has 0 unspecified atom stereocenters. The Bertz CT molecular complexity index is 511. The second-order valence-corrected chi connectivity index (χ2v) is 5.77. The van der Waals surface area contributed by atoms with Crippen LogP contribution in [0.5, 0.6) is 0 Å². The molecular weight excluding hydrogens is 354 g/mol. The summed E-state index contributed by atoms with van der Waals surface area (Å²) in [5, 5.41) is 4.72. The Hall–Kier alpha value is -0.650. The van der Waals surface area contributed by atoms with Gasteiger partial charge in [-0.05, 0) is 45.6 Å². The first-order valence-electron chi connectivity index (χ1n) is 4.47. The second-order valence-electron chi connectivity index (χ2n) is 3.06. The number of amides is 1. The predicted octanol–water partition coefficient (Wildman–Crippen LogP) is 4.53. The zero-order valence-electron chi connectivity index (χ0n) is 8.04. The first-order valence-corrected chi connectivity index (χ1v) is 6.93. The Morgan fingerprint density at radius 1 is 1.25 bits per heavy atom. The number of carbonyl (C=O) groups is 1. The lowest BCUT2D eigenvalue weighted by atomic mass is 10.3. The number of hydrogen-bond donors (Lipinski definition) is 1. The van der Waals surface area contributed by atoms with E-state index in [2.05, 4.69) is 37.2 Å². The minimum absolute atomic E-state index is 0.0852. The highest BCUT2D eigenvalue weighted by atomic mass is 79.9. The third kappa shape index (κ3) is 2.72. The summed E-state index contributed by atoms with van der Waals surface area (Å²) in [5.41, 5.74) is 0.765. The number of hydrogen-bond acceptors (Lipinski definition) is 2. The first-order chi connectivity index (χ1) is 7.66. The van der Waals surface area contributed by atoms with E-state index in [0.717, 1.165) is 14.6 Å². The highest BCUT2D eigenvalue weighted by molar-refractivity contribution is 9.11. The normalized spacial score (nSPS) is 10.1. The van der Waals surface area contributed by atoms with Gasteiger partial charge < -0.3 is 5.32 Å². The van der Waals surface area contributed by atoms with Crippen LogP contribution in [-0.2, 0) is 0 Å². The van der Waals surface area contributed by atoms with Gasteiger partial charge in [0.25, 0.3) is 5.91 Å². The molecule has 0 fully saturated rings. The van der Waals surface area contributed by atoms with Crippen molar-refractivity contribution < 1.29 is 4.79 Å². The van der Waals surface area contributed by atoms with Gasteiger partial charge in [-0.1, -0.05) is 22.0 Å². The Labute approximate surface area is 114 Å². The third-order valence-corrected chi connectivity index (χ3v) is 3.94. The van der Waals surface area contributed by atoms with Gasteiger partial charge in [-0.25, -0.2) is 0 Å². The molecule has 2 rings (SSSR count). The Morgan fingerprint density at radius 3 is 2.69 bits per heavy atom. The number of anilines is 1. The summed E-state index contributed by atoms with van der Waals surface area (Å²) >= 11 is 8.18. The molecule has 1 amide bonds. The van der Waals surface area contributed by atoms with E-state index in [0.29, 0.717) is 4.88 Å². The van der Waals surface area contributed by atoms with Gasteiger partial charge in [-0.2, -0.15) is 0 Å². The maximum atomic E-state index is 11.8. The molecule has 0 atom stereocenters. The van der Waals surface area contributed by atoms with Crippen molar-refractivity contribution in [3.8, 4) is 0 Å². The fourth-order valence-electron chi connectivity index (χ4n) is 1.18. The molecule has 82 valence electrons. The molecule has 2 nitrogen and oxygen atoms in total. The lowest BCUT2D eigenvalue weighted by Crippen LogP contribution is -2.10. The summed E-state index contributed by atoms with van der Waals surface area (Å²) in [4.78, 5) is 12.5. The molecular formula is C11H7Br2NOS. The summed E-state index contributed by atoms with van der Waals surface area (Å²) in [6.07, 6.45) is 0. The van der Waals surface area contributed by atoms with E-state index < -0.39 is 0 Å². The van der Waals surface area contributed by atoms with Gasteiger partial charge in [0.1, 0.15) is 0 Å². The van der Waals surface area contributed by atoms with Crippen LogP contribution in [0.15, 0.2) is 44.7 Å². The molecule has 1 heterocycles. The zero-order chi connectivity index (χ0) is 11.5. The van der Waals surface area contributed by atoms with Crippen LogP contribution < -0.4 is 5.32 Å². The van der Waals surface area contributed by atoms with E-state index in [9.17, 15) is 4.79 Å². The number of rotatable bonds is 2. The number of nitrogens with one attached hydrogen (secondary N) is 1. The van der Waals surface area contributed by atoms with Gasteiger partial charge >= 0.3 is 0 Å². The van der Waals surface area contributed by atoms with Crippen LogP contribution in [0.2, 0.25) is 0 Å². The molecule has 1 N–H and O–H groups in total. The lowest BCUT2D eigenvalue weighted by molar-refractivity contribution is 0.103. The van der Waals surface area contributed by atoms with Crippen LogP contribution in [0.25, 0.3) is 0 Å². The fraction of sp³-hybridized carbons (Fsp3) is 0. The quantitative estimate of drug-likeness (QED) is 0.837. The van der Waals surface area contributed by atoms with Crippen molar-refractivity contribution in [2.75, 3.05) is 5.32 Å². The van der Waals surface area contributed by atoms with Crippen molar-refractivity contribution in [3.63, 3.8) is 0 Å². The molecule has 5 heteroatoms. The maximum Gasteiger partial charge on any atom is 0.265 e. The summed E-state index contributed by atoms with van der Waals surface area (Å²) in [6.45, 7) is 0. The Balaban J connectivity index is 2.18. The number of thiophene rings is 1. The molecule has 0 bridgehead atoms. The SMILES string of the molecule is O=C(Nc1ccc(Br)cc1Br)c1cccs1. The molecule has 0 aliphatic carbocycles. The highest BCUT2D eigenvalue weighted by Crippen LogP contribution is 2.26. The number of halogens is 2. The minimum Gasteiger partial charge on any atom is -0.320 e. The van der Waals surface area contributed by atoms with Crippen LogP contribution in [0.4, 0.5) is 5.69 Å². The fourth-order valence-corrected chi connectivity index (χ4v) is 2.95. The van der Waals surface area contributed by atoms with Crippen molar-refractivity contribution in [2.24, 2.45) is 0 Å². The molecule has 0 spiro atoms. The first kappa shape index (κ1) is 11.8. The Morgan fingerprint density at radius 2 is 2.06 bits per heavy atom. The molecule has 16 heavy (non-hydrogen) atoms. The van der Waals surface area contributed by atoms with Gasteiger partial charge in [0.2, 0.25) is 0 Å². The molecule has 0 radical (unpaired) electrons. The molecule has 0 saturated carbocycles. The van der Waals surface area contributed by atoms with Gasteiger partial charge in [0, 0.05) is 8.95 Å². The van der Waals surface area contributed by atoms with Crippen LogP contribution in [-0.4, -0.2) is 5.91 Å². The molecule has 0 saturated heterocycles. The lowest BCUT2D eigenvalue weighted by Gasteiger charge is -2.06. The van der Waals surface area contributed by atoms with Crippen molar-refractivity contribution in [3.05, 3.63) is 49.5 Å². The molecule has 0 aliphatic rings. The van der Waals surface area contributed by atoms with Gasteiger partial charge in [-0.15, -0.1) is 11.3 Å². The van der Waals surface area contributed by atoms with E-state index in [4.69, 9.17) is 0 Å². The van der Waals surface area contributed by atoms with Crippen LogP contribution in [0.3, 0.4) is 0 Å². The average Bonchev–Trinajstić information content (AvgIpc) is 2.75. The van der Waals surface area contributed by atoms with Crippen LogP contribution >= 0.6 is 43.2 Å². The summed E-state index contributed by atoms with van der Waals surface area (Å²) in [5.74, 6) is -0.0852. The van der Waals surface area contributed by atoms with Gasteiger partial charge in [0.05, 0.1) is 10.6 Å². The topological polar surface area (TPSA) is 29.1 Å². The number of carbonyl (C=O) groups excluding carboxylic acids is 1. The average molecular weight is 361 g/mol. The molecule has 1 aromatic heterocycles. The van der Waals surface area contributed by atoms with Crippen molar-refractivity contribution >= 4 is 54.8 Å². The summed E-state index contributed by atoms with van der Waals surface area (Å²) < 4.78 is 1.82. The van der Waals surface area contributed by atoms with Crippen molar-refractivity contribution in [1.29, 1.82) is 0 Å². The largest absolute Gasteiger partial charge is 0.320 e. The summed E-state index contributed by atoms with van der Waals surface area (Å²) in [6, 6.07) is 9.28. The molecule has 0 aliphatic heterocycles. The Kier molecular flexibility index (Phi) is 3.78. The van der Waals surface area contributed by atoms with Gasteiger partial charge in [-0.3, -0.25) is 4.79 Å². The highest BCUT2D eigenvalue weighted by Gasteiger charge is 2.08. The predicted molar refractivity (Wildman–Crippen MR) is 74.1 cm³/mol. The van der Waals surface area contributed by atoms with E-state index in [1.54, 1.807) is 6.07 Å². The van der Waals surface area contributed by atoms with E-state index >= 15 is 0 Å². The number of benzene rings is 1. The van der Waals surface area contributed by atoms with Crippen molar-refractivity contribution in [2.45, 2.75) is 0 Å². The van der Waals surface area contributed by atoms with Crippen molar-refractivity contribution in [1.82, 2.24) is 0 Å². The maximum absolute atomic E-state index is 11.8. The molecule has 2 aromatic rings. The van der Waals surface area contributed by atoms with Crippen LogP contribution in [0.1, 0.15) is 9.67 Å². The summed E-state index contributed by atoms with van der Waals surface area (Å²) in [7, 11) is 0. The smallest absolute Gasteiger partial charge is 0.265 e. The molecule has 1 aromatic carbocycles. The van der Waals surface area contributed by atoms with E-state index in [1.807, 2.05) is 29.6 Å². The van der Waals surface area contributed by atoms with E-state index in [1.165, 1.54) is 11.3 Å².